The lowest BCUT2D eigenvalue weighted by Gasteiger charge is -2.03. The third kappa shape index (κ3) is 8.64. The van der Waals surface area contributed by atoms with E-state index in [1.54, 1.807) is 11.3 Å². The Morgan fingerprint density at radius 2 is 1.60 bits per heavy atom. The fourth-order valence-corrected chi connectivity index (χ4v) is 3.02. The number of aryl methyl sites for hydroxylation is 1. The second kappa shape index (κ2) is 11.2. The van der Waals surface area contributed by atoms with Crippen molar-refractivity contribution in [2.45, 2.75) is 78.7 Å². The number of aromatic nitrogens is 2. The molecule has 1 aromatic heterocycles. The summed E-state index contributed by atoms with van der Waals surface area (Å²) >= 11 is 1.77. The Kier molecular flexibility index (Phi) is 9.85. The van der Waals surface area contributed by atoms with E-state index in [1.807, 2.05) is 0 Å². The van der Waals surface area contributed by atoms with Gasteiger partial charge in [0.05, 0.1) is 0 Å². The Hall–Kier alpha value is -0.480. The fraction of sp³-hybridized carbons (Fsp3) is 0.875. The minimum absolute atomic E-state index is 0.690. The van der Waals surface area contributed by atoms with Crippen LogP contribution in [0, 0.1) is 5.92 Å². The molecule has 4 heteroatoms. The Labute approximate surface area is 128 Å². The number of unbranched alkanes of at least 4 members (excludes halogenated alkanes) is 6. The van der Waals surface area contributed by atoms with Crippen molar-refractivity contribution in [1.82, 2.24) is 15.5 Å². The first-order valence-corrected chi connectivity index (χ1v) is 9.06. The maximum atomic E-state index is 4.29. The monoisotopic (exact) mass is 297 g/mol. The van der Waals surface area contributed by atoms with Crippen molar-refractivity contribution in [3.8, 4) is 0 Å². The Morgan fingerprint density at radius 3 is 2.30 bits per heavy atom. The summed E-state index contributed by atoms with van der Waals surface area (Å²) in [6.07, 6.45) is 10.6. The van der Waals surface area contributed by atoms with Crippen LogP contribution in [0.15, 0.2) is 0 Å². The van der Waals surface area contributed by atoms with Gasteiger partial charge in [0.1, 0.15) is 10.0 Å². The van der Waals surface area contributed by atoms with Crippen LogP contribution in [-0.2, 0) is 13.0 Å². The van der Waals surface area contributed by atoms with Crippen molar-refractivity contribution in [3.63, 3.8) is 0 Å². The number of hydrogen-bond donors (Lipinski definition) is 1. The van der Waals surface area contributed by atoms with Crippen molar-refractivity contribution in [3.05, 3.63) is 10.0 Å². The van der Waals surface area contributed by atoms with Gasteiger partial charge in [-0.2, -0.15) is 0 Å². The molecule has 0 aromatic carbocycles. The third-order valence-electron chi connectivity index (χ3n) is 3.33. The summed E-state index contributed by atoms with van der Waals surface area (Å²) in [6, 6.07) is 0. The largest absolute Gasteiger partial charge is 0.310 e. The van der Waals surface area contributed by atoms with Gasteiger partial charge in [-0.25, -0.2) is 0 Å². The van der Waals surface area contributed by atoms with Crippen molar-refractivity contribution in [1.29, 1.82) is 0 Å². The zero-order chi connectivity index (χ0) is 14.6. The molecule has 0 amide bonds. The van der Waals surface area contributed by atoms with E-state index in [2.05, 4.69) is 36.3 Å². The van der Waals surface area contributed by atoms with Gasteiger partial charge in [0.25, 0.3) is 0 Å². The SMILES string of the molecule is CCCCCCCCCc1nnc(CNCC(C)C)s1. The molecule has 0 unspecified atom stereocenters. The van der Waals surface area contributed by atoms with Crippen LogP contribution in [0.2, 0.25) is 0 Å². The molecule has 0 fully saturated rings. The zero-order valence-corrected chi connectivity index (χ0v) is 14.3. The molecule has 20 heavy (non-hydrogen) atoms. The Morgan fingerprint density at radius 1 is 0.950 bits per heavy atom. The minimum atomic E-state index is 0.690. The summed E-state index contributed by atoms with van der Waals surface area (Å²) < 4.78 is 0. The standard InChI is InChI=1S/C16H31N3S/c1-4-5-6-7-8-9-10-11-15-18-19-16(20-15)13-17-12-14(2)3/h14,17H,4-13H2,1-3H3. The molecule has 0 bridgehead atoms. The van der Waals surface area contributed by atoms with Crippen LogP contribution in [0.3, 0.4) is 0 Å². The molecule has 116 valence electrons. The second-order valence-corrected chi connectivity index (χ2v) is 7.13. The van der Waals surface area contributed by atoms with Gasteiger partial charge in [0, 0.05) is 13.0 Å². The van der Waals surface area contributed by atoms with E-state index in [4.69, 9.17) is 0 Å². The van der Waals surface area contributed by atoms with E-state index in [0.29, 0.717) is 5.92 Å². The lowest BCUT2D eigenvalue weighted by atomic mass is 10.1. The average molecular weight is 298 g/mol. The average Bonchev–Trinajstić information content (AvgIpc) is 2.85. The molecule has 1 heterocycles. The van der Waals surface area contributed by atoms with E-state index in [1.165, 1.54) is 50.0 Å². The van der Waals surface area contributed by atoms with E-state index < -0.39 is 0 Å². The molecule has 1 aromatic rings. The molecule has 3 nitrogen and oxygen atoms in total. The molecule has 1 rings (SSSR count). The molecule has 0 spiro atoms. The minimum Gasteiger partial charge on any atom is -0.310 e. The van der Waals surface area contributed by atoms with Crippen molar-refractivity contribution in [2.24, 2.45) is 5.92 Å². The number of rotatable bonds is 12. The molecular formula is C16H31N3S. The van der Waals surface area contributed by atoms with Crippen LogP contribution in [-0.4, -0.2) is 16.7 Å². The molecule has 1 N–H and O–H groups in total. The highest BCUT2D eigenvalue weighted by molar-refractivity contribution is 7.11. The summed E-state index contributed by atoms with van der Waals surface area (Å²) in [5, 5.41) is 14.3. The molecule has 0 aliphatic rings. The first-order chi connectivity index (χ1) is 9.72. The van der Waals surface area contributed by atoms with Gasteiger partial charge in [-0.1, -0.05) is 59.3 Å². The van der Waals surface area contributed by atoms with Crippen LogP contribution in [0.25, 0.3) is 0 Å². The highest BCUT2D eigenvalue weighted by Gasteiger charge is 2.04. The quantitative estimate of drug-likeness (QED) is 0.574. The Balaban J connectivity index is 2.05. The van der Waals surface area contributed by atoms with Crippen LogP contribution in [0.1, 0.15) is 75.7 Å². The van der Waals surface area contributed by atoms with Crippen molar-refractivity contribution < 1.29 is 0 Å². The van der Waals surface area contributed by atoms with Crippen LogP contribution in [0.4, 0.5) is 0 Å². The molecule has 0 aliphatic carbocycles. The smallest absolute Gasteiger partial charge is 0.131 e. The summed E-state index contributed by atoms with van der Waals surface area (Å²) in [4.78, 5) is 0. The molecular weight excluding hydrogens is 266 g/mol. The first-order valence-electron chi connectivity index (χ1n) is 8.24. The summed E-state index contributed by atoms with van der Waals surface area (Å²) in [6.45, 7) is 8.63. The normalized spacial score (nSPS) is 11.4. The molecule has 0 radical (unpaired) electrons. The van der Waals surface area contributed by atoms with Gasteiger partial charge < -0.3 is 5.32 Å². The Bertz CT molecular complexity index is 336. The number of nitrogens with one attached hydrogen (secondary N) is 1. The molecule has 0 aliphatic heterocycles. The summed E-state index contributed by atoms with van der Waals surface area (Å²) in [7, 11) is 0. The second-order valence-electron chi connectivity index (χ2n) is 5.99. The van der Waals surface area contributed by atoms with Gasteiger partial charge in [-0.05, 0) is 18.9 Å². The van der Waals surface area contributed by atoms with Gasteiger partial charge >= 0.3 is 0 Å². The highest BCUT2D eigenvalue weighted by atomic mass is 32.1. The maximum absolute atomic E-state index is 4.29. The van der Waals surface area contributed by atoms with Crippen molar-refractivity contribution in [2.75, 3.05) is 6.54 Å². The zero-order valence-electron chi connectivity index (χ0n) is 13.5. The van der Waals surface area contributed by atoms with Crippen LogP contribution < -0.4 is 5.32 Å². The topological polar surface area (TPSA) is 37.8 Å². The molecule has 0 atom stereocenters. The van der Waals surface area contributed by atoms with Crippen LogP contribution >= 0.6 is 11.3 Å². The van der Waals surface area contributed by atoms with Crippen molar-refractivity contribution >= 4 is 11.3 Å². The van der Waals surface area contributed by atoms with Crippen LogP contribution in [0.5, 0.6) is 0 Å². The molecule has 0 saturated heterocycles. The van der Waals surface area contributed by atoms with Gasteiger partial charge in [-0.3, -0.25) is 0 Å². The highest BCUT2D eigenvalue weighted by Crippen LogP contribution is 2.14. The predicted molar refractivity (Wildman–Crippen MR) is 88.2 cm³/mol. The van der Waals surface area contributed by atoms with E-state index >= 15 is 0 Å². The summed E-state index contributed by atoms with van der Waals surface area (Å²) in [5.74, 6) is 0.690. The van der Waals surface area contributed by atoms with Gasteiger partial charge in [0.2, 0.25) is 0 Å². The lowest BCUT2D eigenvalue weighted by Crippen LogP contribution is -2.18. The van der Waals surface area contributed by atoms with Gasteiger partial charge in [0.15, 0.2) is 0 Å². The third-order valence-corrected chi connectivity index (χ3v) is 4.31. The maximum Gasteiger partial charge on any atom is 0.131 e. The predicted octanol–water partition coefficient (Wildman–Crippen LogP) is 4.58. The van der Waals surface area contributed by atoms with E-state index in [0.717, 1.165) is 24.5 Å². The van der Waals surface area contributed by atoms with Gasteiger partial charge in [-0.15, -0.1) is 21.5 Å². The lowest BCUT2D eigenvalue weighted by molar-refractivity contribution is 0.550. The number of hydrogen-bond acceptors (Lipinski definition) is 4. The van der Waals surface area contributed by atoms with E-state index in [9.17, 15) is 0 Å². The summed E-state index contributed by atoms with van der Waals surface area (Å²) in [5.41, 5.74) is 0. The van der Waals surface area contributed by atoms with E-state index in [-0.39, 0.29) is 0 Å². The first kappa shape index (κ1) is 17.6. The fourth-order valence-electron chi connectivity index (χ4n) is 2.16. The number of nitrogens with zero attached hydrogens (tertiary/aromatic N) is 2. The molecule has 0 saturated carbocycles.